The van der Waals surface area contributed by atoms with Crippen LogP contribution in [0.15, 0.2) is 66.9 Å². The number of fused-ring (bicyclic) bond motifs is 1. The lowest BCUT2D eigenvalue weighted by Crippen LogP contribution is -2.29. The van der Waals surface area contributed by atoms with Crippen LogP contribution in [-0.4, -0.2) is 16.4 Å². The Labute approximate surface area is 167 Å². The maximum atomic E-state index is 11.8. The normalized spacial score (nSPS) is 13.7. The van der Waals surface area contributed by atoms with Crippen LogP contribution in [0, 0.1) is 23.7 Å². The Balaban J connectivity index is 1.72. The van der Waals surface area contributed by atoms with Crippen LogP contribution in [0.2, 0.25) is 0 Å². The lowest BCUT2D eigenvalue weighted by molar-refractivity contribution is -0.119. The lowest BCUT2D eigenvalue weighted by atomic mass is 10.0. The molecular weight excluding hydrogens is 362 g/mol. The van der Waals surface area contributed by atoms with Crippen molar-refractivity contribution >= 4 is 40.1 Å². The van der Waals surface area contributed by atoms with Crippen molar-refractivity contribution in [1.29, 1.82) is 5.26 Å². The van der Waals surface area contributed by atoms with Gasteiger partial charge in [-0.2, -0.15) is 5.26 Å². The standard InChI is InChI=1S/C24H15N3O2/c1-2-13-26-16-19(21-5-3-4-6-22(21)26)14-18(15-25)17-7-9-20(10-8-17)27-23(28)11-12-24(27)29/h1,3-12,14,16H,13H2/b18-14+. The van der Waals surface area contributed by atoms with Crippen molar-refractivity contribution < 1.29 is 9.59 Å². The Kier molecular flexibility index (Phi) is 4.57. The zero-order chi connectivity index (χ0) is 20.4. The highest BCUT2D eigenvalue weighted by atomic mass is 16.2. The predicted molar refractivity (Wildman–Crippen MR) is 112 cm³/mol. The number of carbonyl (C=O) groups excluding carboxylic acids is 2. The van der Waals surface area contributed by atoms with Gasteiger partial charge in [-0.25, -0.2) is 4.90 Å². The summed E-state index contributed by atoms with van der Waals surface area (Å²) in [5.41, 5.74) is 3.53. The van der Waals surface area contributed by atoms with Crippen molar-refractivity contribution in [2.75, 3.05) is 4.90 Å². The zero-order valence-corrected chi connectivity index (χ0v) is 15.4. The van der Waals surface area contributed by atoms with Crippen molar-refractivity contribution in [1.82, 2.24) is 4.57 Å². The number of carbonyl (C=O) groups is 2. The van der Waals surface area contributed by atoms with Crippen molar-refractivity contribution in [2.45, 2.75) is 6.54 Å². The molecule has 5 heteroatoms. The second-order valence-corrected chi connectivity index (χ2v) is 6.50. The van der Waals surface area contributed by atoms with Gasteiger partial charge in [0.05, 0.1) is 23.9 Å². The third kappa shape index (κ3) is 3.22. The van der Waals surface area contributed by atoms with E-state index in [0.29, 0.717) is 23.4 Å². The molecule has 0 radical (unpaired) electrons. The average Bonchev–Trinajstić information content (AvgIpc) is 3.26. The second-order valence-electron chi connectivity index (χ2n) is 6.50. The highest BCUT2D eigenvalue weighted by Crippen LogP contribution is 2.27. The number of amides is 2. The number of allylic oxidation sites excluding steroid dienone is 1. The molecule has 2 amide bonds. The minimum absolute atomic E-state index is 0.375. The summed E-state index contributed by atoms with van der Waals surface area (Å²) in [6, 6.07) is 16.9. The molecule has 0 unspecified atom stereocenters. The van der Waals surface area contributed by atoms with Crippen LogP contribution in [0.3, 0.4) is 0 Å². The van der Waals surface area contributed by atoms with E-state index < -0.39 is 0 Å². The van der Waals surface area contributed by atoms with Gasteiger partial charge < -0.3 is 4.57 Å². The quantitative estimate of drug-likeness (QED) is 0.395. The fourth-order valence-corrected chi connectivity index (χ4v) is 3.40. The summed E-state index contributed by atoms with van der Waals surface area (Å²) in [6.45, 7) is 0.441. The number of hydrogen-bond donors (Lipinski definition) is 0. The molecule has 0 fully saturated rings. The van der Waals surface area contributed by atoms with Crippen LogP contribution in [-0.2, 0) is 16.1 Å². The number of nitriles is 1. The Morgan fingerprint density at radius 3 is 2.38 bits per heavy atom. The number of imide groups is 1. The minimum Gasteiger partial charge on any atom is -0.335 e. The van der Waals surface area contributed by atoms with Gasteiger partial charge in [0.1, 0.15) is 0 Å². The van der Waals surface area contributed by atoms with Gasteiger partial charge >= 0.3 is 0 Å². The molecule has 138 valence electrons. The van der Waals surface area contributed by atoms with Crippen LogP contribution in [0.5, 0.6) is 0 Å². The second kappa shape index (κ2) is 7.34. The van der Waals surface area contributed by atoms with Crippen molar-refractivity contribution in [2.24, 2.45) is 0 Å². The first kappa shape index (κ1) is 18.0. The molecule has 0 saturated carbocycles. The summed E-state index contributed by atoms with van der Waals surface area (Å²) in [5.74, 6) is 1.89. The molecule has 1 aliphatic rings. The van der Waals surface area contributed by atoms with E-state index in [1.165, 1.54) is 12.2 Å². The van der Waals surface area contributed by atoms with E-state index >= 15 is 0 Å². The molecular formula is C24H15N3O2. The van der Waals surface area contributed by atoms with Crippen LogP contribution in [0.4, 0.5) is 5.69 Å². The van der Waals surface area contributed by atoms with Gasteiger partial charge in [0.15, 0.2) is 0 Å². The number of anilines is 1. The van der Waals surface area contributed by atoms with E-state index in [1.54, 1.807) is 24.3 Å². The maximum Gasteiger partial charge on any atom is 0.258 e. The fraction of sp³-hybridized carbons (Fsp3) is 0.0417. The number of terminal acetylenes is 1. The van der Waals surface area contributed by atoms with E-state index in [-0.39, 0.29) is 11.8 Å². The molecule has 0 saturated heterocycles. The monoisotopic (exact) mass is 377 g/mol. The summed E-state index contributed by atoms with van der Waals surface area (Å²) in [7, 11) is 0. The summed E-state index contributed by atoms with van der Waals surface area (Å²) in [6.07, 6.45) is 11.7. The largest absolute Gasteiger partial charge is 0.335 e. The number of hydrogen-bond acceptors (Lipinski definition) is 3. The van der Waals surface area contributed by atoms with E-state index in [9.17, 15) is 14.9 Å². The van der Waals surface area contributed by atoms with Gasteiger partial charge in [0.25, 0.3) is 11.8 Å². The number of aromatic nitrogens is 1. The van der Waals surface area contributed by atoms with Crippen LogP contribution < -0.4 is 4.90 Å². The molecule has 0 N–H and O–H groups in total. The van der Waals surface area contributed by atoms with Gasteiger partial charge in [0, 0.05) is 34.8 Å². The first-order chi connectivity index (χ1) is 14.1. The summed E-state index contributed by atoms with van der Waals surface area (Å²) < 4.78 is 1.97. The van der Waals surface area contributed by atoms with E-state index in [2.05, 4.69) is 12.0 Å². The van der Waals surface area contributed by atoms with Crippen LogP contribution in [0.1, 0.15) is 11.1 Å². The first-order valence-corrected chi connectivity index (χ1v) is 8.92. The number of nitrogens with zero attached hydrogens (tertiary/aromatic N) is 3. The Bertz CT molecular complexity index is 1260. The third-order valence-corrected chi connectivity index (χ3v) is 4.75. The molecule has 1 aliphatic heterocycles. The van der Waals surface area contributed by atoms with Gasteiger partial charge in [-0.3, -0.25) is 9.59 Å². The number of benzene rings is 2. The van der Waals surface area contributed by atoms with E-state index in [1.807, 2.05) is 41.1 Å². The molecule has 5 nitrogen and oxygen atoms in total. The first-order valence-electron chi connectivity index (χ1n) is 8.92. The Morgan fingerprint density at radius 1 is 1.03 bits per heavy atom. The molecule has 29 heavy (non-hydrogen) atoms. The molecule has 1 aromatic heterocycles. The Morgan fingerprint density at radius 2 is 1.72 bits per heavy atom. The third-order valence-electron chi connectivity index (χ3n) is 4.75. The molecule has 0 aliphatic carbocycles. The predicted octanol–water partition coefficient (Wildman–Crippen LogP) is 3.77. The minimum atomic E-state index is -0.375. The molecule has 4 rings (SSSR count). The average molecular weight is 377 g/mol. The number of para-hydroxylation sites is 1. The lowest BCUT2D eigenvalue weighted by Gasteiger charge is -2.14. The van der Waals surface area contributed by atoms with Gasteiger partial charge in [-0.1, -0.05) is 36.3 Å². The Hall–Kier alpha value is -4.35. The van der Waals surface area contributed by atoms with Gasteiger partial charge in [-0.15, -0.1) is 6.42 Å². The molecule has 0 bridgehead atoms. The fourth-order valence-electron chi connectivity index (χ4n) is 3.40. The van der Waals surface area contributed by atoms with Gasteiger partial charge in [0.2, 0.25) is 0 Å². The molecule has 0 spiro atoms. The van der Waals surface area contributed by atoms with Crippen molar-refractivity contribution in [3.63, 3.8) is 0 Å². The maximum absolute atomic E-state index is 11.8. The van der Waals surface area contributed by atoms with Crippen molar-refractivity contribution in [3.05, 3.63) is 78.0 Å². The number of rotatable bonds is 4. The smallest absolute Gasteiger partial charge is 0.258 e. The molecule has 0 atom stereocenters. The van der Waals surface area contributed by atoms with Crippen LogP contribution >= 0.6 is 0 Å². The van der Waals surface area contributed by atoms with E-state index in [4.69, 9.17) is 6.42 Å². The van der Waals surface area contributed by atoms with E-state index in [0.717, 1.165) is 21.4 Å². The highest BCUT2D eigenvalue weighted by Gasteiger charge is 2.24. The summed E-state index contributed by atoms with van der Waals surface area (Å²) >= 11 is 0. The molecule has 2 heterocycles. The topological polar surface area (TPSA) is 66.1 Å². The van der Waals surface area contributed by atoms with Gasteiger partial charge in [-0.05, 0) is 29.8 Å². The summed E-state index contributed by atoms with van der Waals surface area (Å²) in [4.78, 5) is 24.7. The summed E-state index contributed by atoms with van der Waals surface area (Å²) in [5, 5.41) is 10.7. The molecule has 2 aromatic carbocycles. The SMILES string of the molecule is C#CCn1cc(/C=C(\C#N)c2ccc(N3C(=O)C=CC3=O)cc2)c2ccccc21. The van der Waals surface area contributed by atoms with Crippen LogP contribution in [0.25, 0.3) is 22.6 Å². The highest BCUT2D eigenvalue weighted by molar-refractivity contribution is 6.28. The zero-order valence-electron chi connectivity index (χ0n) is 15.4. The van der Waals surface area contributed by atoms with Crippen molar-refractivity contribution in [3.8, 4) is 18.4 Å². The molecule has 3 aromatic rings.